The lowest BCUT2D eigenvalue weighted by atomic mass is 9.98. The Kier molecular flexibility index (Phi) is 5.53. The summed E-state index contributed by atoms with van der Waals surface area (Å²) in [4.78, 5) is 19.2. The van der Waals surface area contributed by atoms with Gasteiger partial charge in [-0.15, -0.1) is 0 Å². The first-order valence-corrected chi connectivity index (χ1v) is 10.0. The summed E-state index contributed by atoms with van der Waals surface area (Å²) in [5.41, 5.74) is 3.03. The number of fused-ring (bicyclic) bond motifs is 1. The van der Waals surface area contributed by atoms with Crippen molar-refractivity contribution >= 4 is 29.3 Å². The number of anilines is 2. The van der Waals surface area contributed by atoms with Crippen molar-refractivity contribution in [3.05, 3.63) is 59.3 Å². The monoisotopic (exact) mass is 395 g/mol. The van der Waals surface area contributed by atoms with Crippen LogP contribution in [0.15, 0.2) is 46.6 Å². The molecule has 0 atom stereocenters. The van der Waals surface area contributed by atoms with E-state index in [0.717, 1.165) is 44.0 Å². The molecule has 2 aliphatic rings. The zero-order valence-electron chi connectivity index (χ0n) is 16.9. The Morgan fingerprint density at radius 1 is 1.21 bits per heavy atom. The molecule has 29 heavy (non-hydrogen) atoms. The summed E-state index contributed by atoms with van der Waals surface area (Å²) >= 11 is 0. The first-order chi connectivity index (χ1) is 14.0. The minimum Gasteiger partial charge on any atom is -0.465 e. The van der Waals surface area contributed by atoms with Crippen LogP contribution in [0.25, 0.3) is 12.2 Å². The number of benzene rings is 1. The van der Waals surface area contributed by atoms with Gasteiger partial charge < -0.3 is 19.1 Å². The van der Waals surface area contributed by atoms with Crippen molar-refractivity contribution in [3.8, 4) is 0 Å². The van der Waals surface area contributed by atoms with Crippen LogP contribution in [-0.2, 0) is 4.79 Å². The van der Waals surface area contributed by atoms with E-state index in [0.29, 0.717) is 23.6 Å². The fourth-order valence-electron chi connectivity index (χ4n) is 3.85. The van der Waals surface area contributed by atoms with Crippen molar-refractivity contribution in [2.45, 2.75) is 6.92 Å². The van der Waals surface area contributed by atoms with Gasteiger partial charge in [-0.2, -0.15) is 0 Å². The highest BCUT2D eigenvalue weighted by molar-refractivity contribution is 6.10. The van der Waals surface area contributed by atoms with Crippen LogP contribution >= 0.6 is 0 Å². The van der Waals surface area contributed by atoms with E-state index in [1.165, 1.54) is 6.08 Å². The highest BCUT2D eigenvalue weighted by atomic mass is 19.1. The minimum atomic E-state index is -0.236. The van der Waals surface area contributed by atoms with Crippen LogP contribution < -0.4 is 9.80 Å². The minimum absolute atomic E-state index is 0.0888. The van der Waals surface area contributed by atoms with Gasteiger partial charge in [-0.05, 0) is 56.5 Å². The second-order valence-electron chi connectivity index (χ2n) is 7.55. The summed E-state index contributed by atoms with van der Waals surface area (Å²) in [7, 11) is 2.09. The van der Waals surface area contributed by atoms with E-state index in [4.69, 9.17) is 4.42 Å². The van der Waals surface area contributed by atoms with Gasteiger partial charge in [0.25, 0.3) is 0 Å². The van der Waals surface area contributed by atoms with Crippen molar-refractivity contribution < 1.29 is 13.6 Å². The normalized spacial score (nSPS) is 17.6. The van der Waals surface area contributed by atoms with E-state index < -0.39 is 0 Å². The second kappa shape index (κ2) is 8.25. The lowest BCUT2D eigenvalue weighted by Crippen LogP contribution is -2.45. The van der Waals surface area contributed by atoms with Crippen molar-refractivity contribution in [2.24, 2.45) is 0 Å². The third-order valence-electron chi connectivity index (χ3n) is 5.61. The van der Waals surface area contributed by atoms with Gasteiger partial charge in [0.05, 0.1) is 12.0 Å². The molecule has 1 aromatic carbocycles. The molecule has 1 aromatic heterocycles. The predicted octanol–water partition coefficient (Wildman–Crippen LogP) is 3.68. The average Bonchev–Trinajstić information content (AvgIpc) is 3.25. The molecule has 2 aliphatic heterocycles. The fourth-order valence-corrected chi connectivity index (χ4v) is 3.85. The number of nitrogens with zero attached hydrogens (tertiary/aromatic N) is 3. The summed E-state index contributed by atoms with van der Waals surface area (Å²) in [6.45, 7) is 6.79. The van der Waals surface area contributed by atoms with Gasteiger partial charge in [0.2, 0.25) is 0 Å². The number of furan rings is 1. The van der Waals surface area contributed by atoms with E-state index in [1.807, 2.05) is 12.1 Å². The highest BCUT2D eigenvalue weighted by Crippen LogP contribution is 2.35. The van der Waals surface area contributed by atoms with Crippen LogP contribution in [0.4, 0.5) is 15.8 Å². The predicted molar refractivity (Wildman–Crippen MR) is 115 cm³/mol. The quantitative estimate of drug-likeness (QED) is 0.723. The number of ketones is 1. The SMILES string of the molecule is CCN1CC(C(=O)C=Cc2ccco2)=Cc2cc(F)c(N3CCN(C)CC3)cc21. The number of carbonyl (C=O) groups is 1. The maximum atomic E-state index is 14.9. The summed E-state index contributed by atoms with van der Waals surface area (Å²) in [5, 5.41) is 0. The van der Waals surface area contributed by atoms with Gasteiger partial charge in [0.15, 0.2) is 5.78 Å². The van der Waals surface area contributed by atoms with E-state index in [1.54, 1.807) is 30.5 Å². The average molecular weight is 395 g/mol. The molecule has 0 saturated carbocycles. The lowest BCUT2D eigenvalue weighted by Gasteiger charge is -2.36. The summed E-state index contributed by atoms with van der Waals surface area (Å²) in [6.07, 6.45) is 6.55. The highest BCUT2D eigenvalue weighted by Gasteiger charge is 2.24. The standard InChI is InChI=1S/C23H26FN3O2/c1-3-26-16-18(23(28)7-6-19-5-4-12-29-19)13-17-14-20(24)22(15-21(17)26)27-10-8-25(2)9-11-27/h4-7,12-15H,3,8-11,16H2,1-2H3. The molecule has 4 rings (SSSR count). The van der Waals surface area contributed by atoms with E-state index in [2.05, 4.69) is 28.7 Å². The smallest absolute Gasteiger partial charge is 0.183 e. The third kappa shape index (κ3) is 4.12. The van der Waals surface area contributed by atoms with Crippen LogP contribution in [0.1, 0.15) is 18.2 Å². The summed E-state index contributed by atoms with van der Waals surface area (Å²) < 4.78 is 20.2. The van der Waals surface area contributed by atoms with Gasteiger partial charge >= 0.3 is 0 Å². The molecule has 0 aliphatic carbocycles. The Balaban J connectivity index is 1.62. The zero-order chi connectivity index (χ0) is 20.4. The Bertz CT molecular complexity index is 941. The summed E-state index contributed by atoms with van der Waals surface area (Å²) in [5.74, 6) is 0.305. The molecule has 0 bridgehead atoms. The lowest BCUT2D eigenvalue weighted by molar-refractivity contribution is -0.111. The molecule has 0 N–H and O–H groups in total. The number of hydrogen-bond donors (Lipinski definition) is 0. The maximum Gasteiger partial charge on any atom is 0.183 e. The van der Waals surface area contributed by atoms with Gasteiger partial charge in [-0.3, -0.25) is 4.79 Å². The summed E-state index contributed by atoms with van der Waals surface area (Å²) in [6, 6.07) is 7.08. The number of hydrogen-bond acceptors (Lipinski definition) is 5. The number of carbonyl (C=O) groups excluding carboxylic acids is 1. The second-order valence-corrected chi connectivity index (χ2v) is 7.55. The van der Waals surface area contributed by atoms with Crippen molar-refractivity contribution in [1.82, 2.24) is 4.90 Å². The molecule has 1 fully saturated rings. The van der Waals surface area contributed by atoms with Gasteiger partial charge in [0, 0.05) is 56.1 Å². The number of allylic oxidation sites excluding steroid dienone is 1. The first kappa shape index (κ1) is 19.5. The van der Waals surface area contributed by atoms with Crippen molar-refractivity contribution in [1.29, 1.82) is 0 Å². The van der Waals surface area contributed by atoms with Crippen molar-refractivity contribution in [3.63, 3.8) is 0 Å². The maximum absolute atomic E-state index is 14.9. The van der Waals surface area contributed by atoms with Crippen LogP contribution in [0.5, 0.6) is 0 Å². The molecule has 5 nitrogen and oxygen atoms in total. The number of piperazine rings is 1. The van der Waals surface area contributed by atoms with Crippen LogP contribution in [-0.4, -0.2) is 57.0 Å². The van der Waals surface area contributed by atoms with Crippen LogP contribution in [0.3, 0.4) is 0 Å². The van der Waals surface area contributed by atoms with Crippen LogP contribution in [0, 0.1) is 5.82 Å². The molecule has 0 radical (unpaired) electrons. The first-order valence-electron chi connectivity index (χ1n) is 10.0. The van der Waals surface area contributed by atoms with E-state index >= 15 is 0 Å². The molecule has 6 heteroatoms. The van der Waals surface area contributed by atoms with E-state index in [9.17, 15) is 9.18 Å². The Morgan fingerprint density at radius 3 is 2.69 bits per heavy atom. The molecule has 2 aromatic rings. The molecule has 152 valence electrons. The topological polar surface area (TPSA) is 39.9 Å². The number of likely N-dealkylation sites (N-methyl/N-ethyl adjacent to an activating group) is 2. The molecule has 0 amide bonds. The Hall–Kier alpha value is -2.86. The number of rotatable bonds is 5. The van der Waals surface area contributed by atoms with Gasteiger partial charge in [0.1, 0.15) is 11.6 Å². The van der Waals surface area contributed by atoms with Crippen molar-refractivity contribution in [2.75, 3.05) is 56.1 Å². The van der Waals surface area contributed by atoms with E-state index in [-0.39, 0.29) is 11.6 Å². The Morgan fingerprint density at radius 2 is 2.00 bits per heavy atom. The van der Waals surface area contributed by atoms with Crippen LogP contribution in [0.2, 0.25) is 0 Å². The molecular weight excluding hydrogens is 369 g/mol. The van der Waals surface area contributed by atoms with Gasteiger partial charge in [-0.25, -0.2) is 4.39 Å². The molecule has 1 saturated heterocycles. The zero-order valence-corrected chi connectivity index (χ0v) is 16.9. The largest absolute Gasteiger partial charge is 0.465 e. The van der Waals surface area contributed by atoms with Gasteiger partial charge in [-0.1, -0.05) is 0 Å². The molecule has 3 heterocycles. The molecular formula is C23H26FN3O2. The fraction of sp³-hybridized carbons (Fsp3) is 0.348. The Labute approximate surface area is 170 Å². The number of halogens is 1. The molecule has 0 spiro atoms. The molecule has 0 unspecified atom stereocenters. The third-order valence-corrected chi connectivity index (χ3v) is 5.61.